The average molecular weight is 441 g/mol. The maximum Gasteiger partial charge on any atom is -1.00 e. The van der Waals surface area contributed by atoms with Gasteiger partial charge in [-0.15, -0.1) is 0 Å². The topological polar surface area (TPSA) is 0 Å². The van der Waals surface area contributed by atoms with Crippen LogP contribution in [0.4, 0.5) is 0 Å². The van der Waals surface area contributed by atoms with E-state index in [4.69, 9.17) is 0 Å². The number of hydrogen-bond donors (Lipinski definition) is 0. The molecule has 24 heavy (non-hydrogen) atoms. The third-order valence-corrected chi connectivity index (χ3v) is 21.0. The molecule has 0 radical (unpaired) electrons. The molecule has 0 saturated carbocycles. The van der Waals surface area contributed by atoms with Gasteiger partial charge in [0.05, 0.1) is 0 Å². The Morgan fingerprint density at radius 2 is 1.79 bits per heavy atom. The number of halogens is 2. The Bertz CT molecular complexity index is 716. The summed E-state index contributed by atoms with van der Waals surface area (Å²) in [7, 11) is 0. The normalized spacial score (nSPS) is 27.0. The predicted octanol–water partition coefficient (Wildman–Crippen LogP) is 0.561. The summed E-state index contributed by atoms with van der Waals surface area (Å²) in [6, 6.07) is 9.13. The van der Waals surface area contributed by atoms with Crippen molar-refractivity contribution in [1.82, 2.24) is 0 Å². The van der Waals surface area contributed by atoms with Gasteiger partial charge in [0.25, 0.3) is 0 Å². The van der Waals surface area contributed by atoms with Crippen LogP contribution in [-0.2, 0) is 20.3 Å². The van der Waals surface area contributed by atoms with Gasteiger partial charge in [-0.1, -0.05) is 0 Å². The number of hydrogen-bond acceptors (Lipinski definition) is 0. The zero-order chi connectivity index (χ0) is 15.3. The average Bonchev–Trinajstić information content (AvgIpc) is 2.96. The van der Waals surface area contributed by atoms with Gasteiger partial charge in [-0.25, -0.2) is 0 Å². The standard InChI is InChI=1S/C9H7.C9H13.C3H6.2ClH.Zr/c1-2-5-9-7-3-6-8(9)4-1;1-3-8-6-5-7-9(8)4-2;1-3-2;;;/h1-7H;6H,3-5H2,1-2H3;3H,1H2,2H3;2*1H;/q;;;;;+2/p-2. The number of fused-ring (bicyclic) bond motifs is 1. The van der Waals surface area contributed by atoms with Crippen LogP contribution in [0.25, 0.3) is 6.08 Å². The van der Waals surface area contributed by atoms with E-state index in [1.54, 1.807) is 20.8 Å². The maximum absolute atomic E-state index is 2.58. The van der Waals surface area contributed by atoms with Crippen LogP contribution in [0.2, 0.25) is 7.75 Å². The summed E-state index contributed by atoms with van der Waals surface area (Å²) in [6.07, 6.45) is 11.3. The molecule has 1 aromatic carbocycles. The minimum atomic E-state index is -2.24. The number of rotatable bonds is 4. The van der Waals surface area contributed by atoms with Gasteiger partial charge >= 0.3 is 140 Å². The first-order valence-electron chi connectivity index (χ1n) is 8.91. The monoisotopic (exact) mass is 438 g/mol. The molecule has 0 amide bonds. The fourth-order valence-corrected chi connectivity index (χ4v) is 22.1. The van der Waals surface area contributed by atoms with Crippen LogP contribution in [0.1, 0.15) is 54.8 Å². The van der Waals surface area contributed by atoms with Gasteiger partial charge in [0, 0.05) is 0 Å². The van der Waals surface area contributed by atoms with Crippen LogP contribution in [0.5, 0.6) is 0 Å². The second-order valence-corrected chi connectivity index (χ2v) is 18.8. The van der Waals surface area contributed by atoms with Crippen LogP contribution < -0.4 is 24.8 Å². The van der Waals surface area contributed by atoms with Crippen molar-refractivity contribution in [3.05, 3.63) is 62.0 Å². The van der Waals surface area contributed by atoms with Crippen molar-refractivity contribution in [2.75, 3.05) is 0 Å². The second kappa shape index (κ2) is 7.65. The van der Waals surface area contributed by atoms with Crippen LogP contribution in [0.15, 0.2) is 50.8 Å². The summed E-state index contributed by atoms with van der Waals surface area (Å²) >= 11 is -2.24. The molecule has 3 atom stereocenters. The Hall–Kier alpha value is -0.0969. The van der Waals surface area contributed by atoms with E-state index in [1.807, 2.05) is 3.28 Å². The van der Waals surface area contributed by atoms with Crippen molar-refractivity contribution >= 4 is 6.08 Å². The predicted molar refractivity (Wildman–Crippen MR) is 92.8 cm³/mol. The third kappa shape index (κ3) is 2.85. The molecule has 1 saturated heterocycles. The van der Waals surface area contributed by atoms with E-state index in [9.17, 15) is 0 Å². The Morgan fingerprint density at radius 3 is 2.42 bits per heavy atom. The number of allylic oxidation sites excluding steroid dienone is 5. The number of benzene rings is 1. The second-order valence-electron chi connectivity index (χ2n) is 7.21. The molecule has 128 valence electrons. The Balaban J connectivity index is 0.00000104. The van der Waals surface area contributed by atoms with E-state index in [0.29, 0.717) is 0 Å². The first-order chi connectivity index (χ1) is 10.7. The first-order valence-corrected chi connectivity index (χ1v) is 14.7. The van der Waals surface area contributed by atoms with E-state index < -0.39 is 20.3 Å². The molecule has 0 aromatic heterocycles. The van der Waals surface area contributed by atoms with Gasteiger partial charge in [0.2, 0.25) is 0 Å². The van der Waals surface area contributed by atoms with Gasteiger partial charge in [-0.05, 0) is 0 Å². The third-order valence-electron chi connectivity index (χ3n) is 6.32. The summed E-state index contributed by atoms with van der Waals surface area (Å²) in [4.78, 5) is 0. The van der Waals surface area contributed by atoms with Gasteiger partial charge in [-0.2, -0.15) is 0 Å². The molecule has 3 heteroatoms. The van der Waals surface area contributed by atoms with Gasteiger partial charge in [0.1, 0.15) is 0 Å². The molecule has 2 aliphatic carbocycles. The van der Waals surface area contributed by atoms with Crippen LogP contribution >= 0.6 is 0 Å². The molecular formula is C21H26Cl2Zr. The van der Waals surface area contributed by atoms with Crippen molar-refractivity contribution in [2.45, 2.75) is 51.4 Å². The smallest absolute Gasteiger partial charge is 1.00 e. The van der Waals surface area contributed by atoms with Crippen molar-refractivity contribution in [3.8, 4) is 0 Å². The van der Waals surface area contributed by atoms with Crippen molar-refractivity contribution in [2.24, 2.45) is 0 Å². The first kappa shape index (κ1) is 20.2. The molecule has 0 spiro atoms. The van der Waals surface area contributed by atoms with E-state index in [0.717, 1.165) is 7.25 Å². The summed E-state index contributed by atoms with van der Waals surface area (Å²) in [5.74, 6) is 0. The molecule has 1 aromatic rings. The molecule has 4 rings (SSSR count). The molecule has 1 aliphatic heterocycles. The van der Waals surface area contributed by atoms with E-state index in [1.165, 1.54) is 24.8 Å². The summed E-state index contributed by atoms with van der Waals surface area (Å²) < 4.78 is 5.38. The van der Waals surface area contributed by atoms with Crippen molar-refractivity contribution < 1.29 is 45.1 Å². The zero-order valence-electron chi connectivity index (χ0n) is 14.8. The molecule has 1 heterocycles. The van der Waals surface area contributed by atoms with Gasteiger partial charge in [-0.3, -0.25) is 0 Å². The Labute approximate surface area is 163 Å². The molecule has 3 unspecified atom stereocenters. The van der Waals surface area contributed by atoms with Crippen molar-refractivity contribution in [3.63, 3.8) is 0 Å². The van der Waals surface area contributed by atoms with Gasteiger partial charge in [0.15, 0.2) is 0 Å². The SMILES string of the molecule is CCC1=CC[C]([Zr+2]2([CH]3C=Cc4ccccc43)[CH2][CH]2C)=C1CC.[Cl-].[Cl-]. The molecule has 0 bridgehead atoms. The largest absolute Gasteiger partial charge is 1.00 e. The van der Waals surface area contributed by atoms with Crippen LogP contribution in [0, 0.1) is 0 Å². The Kier molecular flexibility index (Phi) is 6.44. The quantitative estimate of drug-likeness (QED) is 0.642. The van der Waals surface area contributed by atoms with Gasteiger partial charge < -0.3 is 24.8 Å². The Morgan fingerprint density at radius 1 is 1.08 bits per heavy atom. The van der Waals surface area contributed by atoms with Crippen LogP contribution in [-0.4, -0.2) is 0 Å². The van der Waals surface area contributed by atoms with E-state index in [2.05, 4.69) is 63.3 Å². The minimum Gasteiger partial charge on any atom is -1.00 e. The van der Waals surface area contributed by atoms with E-state index in [-0.39, 0.29) is 24.8 Å². The molecular weight excluding hydrogens is 414 g/mol. The molecule has 1 fully saturated rings. The molecule has 3 aliphatic rings. The zero-order valence-corrected chi connectivity index (χ0v) is 18.8. The summed E-state index contributed by atoms with van der Waals surface area (Å²) in [5, 5.41) is 0. The minimum absolute atomic E-state index is 0. The van der Waals surface area contributed by atoms with Crippen molar-refractivity contribution in [1.29, 1.82) is 0 Å². The molecule has 0 nitrogen and oxygen atoms in total. The maximum atomic E-state index is 2.58. The summed E-state index contributed by atoms with van der Waals surface area (Å²) in [5.41, 5.74) is 6.59. The van der Waals surface area contributed by atoms with E-state index >= 15 is 0 Å². The summed E-state index contributed by atoms with van der Waals surface area (Å²) in [6.45, 7) is 7.25. The fraction of sp³-hybridized carbons (Fsp3) is 0.429. The molecule has 0 N–H and O–H groups in total. The fourth-order valence-electron chi connectivity index (χ4n) is 5.12. The van der Waals surface area contributed by atoms with Crippen LogP contribution in [0.3, 0.4) is 0 Å².